The fourth-order valence-electron chi connectivity index (χ4n) is 2.40. The number of rotatable bonds is 9. The molecule has 2 aromatic rings. The van der Waals surface area contributed by atoms with Crippen LogP contribution in [0.2, 0.25) is 0 Å². The first-order valence-corrected chi connectivity index (χ1v) is 9.86. The zero-order valence-electron chi connectivity index (χ0n) is 15.7. The van der Waals surface area contributed by atoms with Crippen LogP contribution in [0.15, 0.2) is 40.1 Å². The molecule has 0 aliphatic heterocycles. The van der Waals surface area contributed by atoms with Gasteiger partial charge in [-0.15, -0.1) is 10.2 Å². The smallest absolute Gasteiger partial charge is 0.226 e. The summed E-state index contributed by atoms with van der Waals surface area (Å²) in [4.78, 5) is 16.5. The van der Waals surface area contributed by atoms with E-state index in [4.69, 9.17) is 0 Å². The molecule has 0 saturated heterocycles. The van der Waals surface area contributed by atoms with Crippen molar-refractivity contribution in [2.75, 3.05) is 25.0 Å². The number of nitrogens with one attached hydrogen (secondary N) is 3. The van der Waals surface area contributed by atoms with Crippen LogP contribution < -0.4 is 16.0 Å². The number of amides is 1. The summed E-state index contributed by atoms with van der Waals surface area (Å²) in [6, 6.07) is 7.49. The van der Waals surface area contributed by atoms with Gasteiger partial charge in [0.05, 0.1) is 6.54 Å². The summed E-state index contributed by atoms with van der Waals surface area (Å²) in [5, 5.41) is 17.3. The molecule has 0 spiro atoms. The van der Waals surface area contributed by atoms with Gasteiger partial charge in [-0.05, 0) is 31.2 Å². The first-order valence-electron chi connectivity index (χ1n) is 9.06. The van der Waals surface area contributed by atoms with E-state index in [0.29, 0.717) is 25.5 Å². The highest BCUT2D eigenvalue weighted by atomic mass is 79.9. The van der Waals surface area contributed by atoms with Gasteiger partial charge in [0.15, 0.2) is 5.96 Å². The summed E-state index contributed by atoms with van der Waals surface area (Å²) in [6.07, 6.45) is 2.90. The molecule has 1 aromatic carbocycles. The normalized spacial score (nSPS) is 11.3. The second-order valence-electron chi connectivity index (χ2n) is 5.79. The van der Waals surface area contributed by atoms with Crippen LogP contribution in [0.25, 0.3) is 0 Å². The summed E-state index contributed by atoms with van der Waals surface area (Å²) < 4.78 is 2.99. The van der Waals surface area contributed by atoms with E-state index in [1.165, 1.54) is 0 Å². The first-order chi connectivity index (χ1) is 13.1. The number of nitrogens with zero attached hydrogens (tertiary/aromatic N) is 4. The molecular weight excluding hydrogens is 410 g/mol. The van der Waals surface area contributed by atoms with E-state index in [1.807, 2.05) is 35.8 Å². The lowest BCUT2D eigenvalue weighted by Gasteiger charge is -2.12. The molecule has 1 aromatic heterocycles. The molecule has 0 aliphatic carbocycles. The fourth-order valence-corrected chi connectivity index (χ4v) is 2.67. The number of benzene rings is 1. The maximum Gasteiger partial charge on any atom is 0.226 e. The maximum atomic E-state index is 12.0. The zero-order valence-corrected chi connectivity index (χ0v) is 17.3. The Labute approximate surface area is 168 Å². The highest BCUT2D eigenvalue weighted by molar-refractivity contribution is 9.10. The Bertz CT molecular complexity index is 742. The topological polar surface area (TPSA) is 96.2 Å². The molecule has 0 saturated carbocycles. The van der Waals surface area contributed by atoms with Crippen LogP contribution >= 0.6 is 15.9 Å². The minimum absolute atomic E-state index is 0.0611. The largest absolute Gasteiger partial charge is 0.357 e. The highest BCUT2D eigenvalue weighted by Crippen LogP contribution is 2.14. The molecule has 0 aliphatic rings. The van der Waals surface area contributed by atoms with Crippen molar-refractivity contribution in [3.05, 3.63) is 40.9 Å². The van der Waals surface area contributed by atoms with E-state index >= 15 is 0 Å². The first kappa shape index (κ1) is 20.9. The number of carbonyl (C=O) groups is 1. The van der Waals surface area contributed by atoms with Crippen LogP contribution in [-0.4, -0.2) is 46.3 Å². The minimum Gasteiger partial charge on any atom is -0.357 e. The van der Waals surface area contributed by atoms with E-state index < -0.39 is 0 Å². The van der Waals surface area contributed by atoms with E-state index in [9.17, 15) is 4.79 Å². The number of halogens is 1. The molecule has 146 valence electrons. The van der Waals surface area contributed by atoms with Crippen molar-refractivity contribution in [3.8, 4) is 0 Å². The fraction of sp³-hybridized carbons (Fsp3) is 0.444. The Kier molecular flexibility index (Phi) is 8.76. The molecule has 9 heteroatoms. The van der Waals surface area contributed by atoms with Gasteiger partial charge in [0.25, 0.3) is 0 Å². The van der Waals surface area contributed by atoms with Gasteiger partial charge in [0.1, 0.15) is 12.2 Å². The monoisotopic (exact) mass is 435 g/mol. The van der Waals surface area contributed by atoms with E-state index in [1.54, 1.807) is 6.33 Å². The third-order valence-corrected chi connectivity index (χ3v) is 4.27. The second kappa shape index (κ2) is 11.3. The Morgan fingerprint density at radius 2 is 2.00 bits per heavy atom. The van der Waals surface area contributed by atoms with Crippen molar-refractivity contribution in [1.29, 1.82) is 0 Å². The second-order valence-corrected chi connectivity index (χ2v) is 6.70. The Hall–Kier alpha value is -2.42. The number of aryl methyl sites for hydroxylation is 1. The molecule has 3 N–H and O–H groups in total. The number of carbonyl (C=O) groups excluding carboxylic acids is 1. The van der Waals surface area contributed by atoms with Crippen molar-refractivity contribution in [2.24, 2.45) is 4.99 Å². The molecule has 1 heterocycles. The van der Waals surface area contributed by atoms with Gasteiger partial charge in [0.2, 0.25) is 5.91 Å². The van der Waals surface area contributed by atoms with Gasteiger partial charge in [-0.3, -0.25) is 9.79 Å². The van der Waals surface area contributed by atoms with E-state index in [-0.39, 0.29) is 5.91 Å². The summed E-state index contributed by atoms with van der Waals surface area (Å²) in [7, 11) is 0. The molecule has 2 rings (SSSR count). The molecule has 0 bridgehead atoms. The molecule has 0 unspecified atom stereocenters. The van der Waals surface area contributed by atoms with Crippen molar-refractivity contribution in [1.82, 2.24) is 25.4 Å². The minimum atomic E-state index is -0.0611. The SMILES string of the molecule is CCNC(=NCCC(=O)Nc1ccc(Br)cc1)NCCn1cnnc1CC. The molecule has 0 fully saturated rings. The van der Waals surface area contributed by atoms with Crippen molar-refractivity contribution < 1.29 is 4.79 Å². The summed E-state index contributed by atoms with van der Waals surface area (Å²) in [5.74, 6) is 1.59. The zero-order chi connectivity index (χ0) is 19.5. The molecule has 27 heavy (non-hydrogen) atoms. The molecular formula is C18H26BrN7O. The van der Waals surface area contributed by atoms with Crippen LogP contribution in [-0.2, 0) is 17.8 Å². The van der Waals surface area contributed by atoms with Crippen molar-refractivity contribution in [3.63, 3.8) is 0 Å². The Morgan fingerprint density at radius 3 is 2.70 bits per heavy atom. The molecule has 8 nitrogen and oxygen atoms in total. The quantitative estimate of drug-likeness (QED) is 0.414. The number of hydrogen-bond donors (Lipinski definition) is 3. The van der Waals surface area contributed by atoms with Crippen LogP contribution in [0, 0.1) is 0 Å². The lowest BCUT2D eigenvalue weighted by molar-refractivity contribution is -0.116. The van der Waals surface area contributed by atoms with Gasteiger partial charge < -0.3 is 20.5 Å². The lowest BCUT2D eigenvalue weighted by Crippen LogP contribution is -2.39. The van der Waals surface area contributed by atoms with Gasteiger partial charge in [-0.1, -0.05) is 22.9 Å². The average molecular weight is 436 g/mol. The van der Waals surface area contributed by atoms with E-state index in [0.717, 1.165) is 35.5 Å². The Balaban J connectivity index is 1.76. The van der Waals surface area contributed by atoms with Gasteiger partial charge >= 0.3 is 0 Å². The maximum absolute atomic E-state index is 12.0. The van der Waals surface area contributed by atoms with E-state index in [2.05, 4.69) is 54.0 Å². The average Bonchev–Trinajstić information content (AvgIpc) is 3.11. The van der Waals surface area contributed by atoms with Crippen LogP contribution in [0.1, 0.15) is 26.1 Å². The molecule has 0 radical (unpaired) electrons. The molecule has 0 atom stereocenters. The number of guanidine groups is 1. The predicted molar refractivity (Wildman–Crippen MR) is 111 cm³/mol. The standard InChI is InChI=1S/C18H26BrN7O/c1-3-16-25-23-13-26(16)12-11-22-18(20-4-2)21-10-9-17(27)24-15-7-5-14(19)6-8-15/h5-8,13H,3-4,9-12H2,1-2H3,(H,24,27)(H2,20,21,22). The Morgan fingerprint density at radius 1 is 1.22 bits per heavy atom. The predicted octanol–water partition coefficient (Wildman–Crippen LogP) is 2.19. The lowest BCUT2D eigenvalue weighted by atomic mass is 10.3. The van der Waals surface area contributed by atoms with Gasteiger partial charge in [-0.25, -0.2) is 0 Å². The van der Waals surface area contributed by atoms with Gasteiger partial charge in [-0.2, -0.15) is 0 Å². The summed E-state index contributed by atoms with van der Waals surface area (Å²) in [5.41, 5.74) is 0.776. The summed E-state index contributed by atoms with van der Waals surface area (Å²) >= 11 is 3.37. The van der Waals surface area contributed by atoms with Crippen molar-refractivity contribution in [2.45, 2.75) is 33.2 Å². The molecule has 1 amide bonds. The van der Waals surface area contributed by atoms with Crippen LogP contribution in [0.5, 0.6) is 0 Å². The van der Waals surface area contributed by atoms with Gasteiger partial charge in [0, 0.05) is 42.6 Å². The highest BCUT2D eigenvalue weighted by Gasteiger charge is 2.04. The third kappa shape index (κ3) is 7.38. The van der Waals surface area contributed by atoms with Crippen molar-refractivity contribution >= 4 is 33.5 Å². The third-order valence-electron chi connectivity index (χ3n) is 3.74. The summed E-state index contributed by atoms with van der Waals surface area (Å²) in [6.45, 7) is 6.67. The van der Waals surface area contributed by atoms with Crippen LogP contribution in [0.3, 0.4) is 0 Å². The number of aromatic nitrogens is 3. The number of aliphatic imine (C=N–C) groups is 1. The number of anilines is 1. The van der Waals surface area contributed by atoms with Crippen LogP contribution in [0.4, 0.5) is 5.69 Å². The number of hydrogen-bond acceptors (Lipinski definition) is 4.